The van der Waals surface area contributed by atoms with Crippen molar-refractivity contribution in [3.05, 3.63) is 57.0 Å². The lowest BCUT2D eigenvalue weighted by Crippen LogP contribution is -2.40. The fraction of sp³-hybridized carbons (Fsp3) is 0.565. The second kappa shape index (κ2) is 10.3. The van der Waals surface area contributed by atoms with Crippen molar-refractivity contribution in [2.75, 3.05) is 38.2 Å². The highest BCUT2D eigenvalue weighted by atomic mass is 35.5. The molecule has 3 heterocycles. The Bertz CT molecular complexity index is 968. The number of nitrogens with one attached hydrogen (secondary N) is 1. The Labute approximate surface area is 191 Å². The lowest BCUT2D eigenvalue weighted by Gasteiger charge is -2.36. The van der Waals surface area contributed by atoms with Gasteiger partial charge < -0.3 is 10.1 Å². The number of hydrogen-bond donors (Lipinski definition) is 1. The van der Waals surface area contributed by atoms with E-state index in [-0.39, 0.29) is 28.2 Å². The van der Waals surface area contributed by atoms with Gasteiger partial charge in [-0.05, 0) is 50.7 Å². The van der Waals surface area contributed by atoms with Gasteiger partial charge in [-0.3, -0.25) is 9.69 Å². The van der Waals surface area contributed by atoms with E-state index in [1.54, 1.807) is 13.1 Å². The van der Waals surface area contributed by atoms with Crippen molar-refractivity contribution in [2.24, 2.45) is 5.92 Å². The van der Waals surface area contributed by atoms with Gasteiger partial charge in [0.1, 0.15) is 16.7 Å². The lowest BCUT2D eigenvalue weighted by atomic mass is 9.99. The molecule has 32 heavy (non-hydrogen) atoms. The molecule has 1 aromatic carbocycles. The van der Waals surface area contributed by atoms with E-state index < -0.39 is 11.6 Å². The minimum Gasteiger partial charge on any atom is -0.382 e. The summed E-state index contributed by atoms with van der Waals surface area (Å²) < 4.78 is 35.3. The molecule has 2 aromatic rings. The number of ether oxygens (including phenoxy) is 1. The molecular formula is C23H29ClF2N4O2. The van der Waals surface area contributed by atoms with Crippen molar-refractivity contribution >= 4 is 17.3 Å². The highest BCUT2D eigenvalue weighted by Crippen LogP contribution is 2.31. The number of hydrogen-bond acceptors (Lipinski definition) is 5. The van der Waals surface area contributed by atoms with Gasteiger partial charge in [0.25, 0.3) is 5.56 Å². The molecule has 0 amide bonds. The van der Waals surface area contributed by atoms with Gasteiger partial charge in [0.2, 0.25) is 0 Å². The molecule has 4 rings (SSSR count). The summed E-state index contributed by atoms with van der Waals surface area (Å²) in [5, 5.41) is 7.75. The molecule has 0 unspecified atom stereocenters. The molecule has 0 aliphatic carbocycles. The van der Waals surface area contributed by atoms with Crippen molar-refractivity contribution < 1.29 is 13.5 Å². The van der Waals surface area contributed by atoms with Gasteiger partial charge in [-0.15, -0.1) is 0 Å². The first-order chi connectivity index (χ1) is 15.5. The van der Waals surface area contributed by atoms with Gasteiger partial charge in [-0.1, -0.05) is 17.7 Å². The van der Waals surface area contributed by atoms with Crippen molar-refractivity contribution in [3.8, 4) is 0 Å². The summed E-state index contributed by atoms with van der Waals surface area (Å²) in [7, 11) is 0. The molecule has 9 heteroatoms. The van der Waals surface area contributed by atoms with E-state index in [0.717, 1.165) is 19.4 Å². The van der Waals surface area contributed by atoms with Gasteiger partial charge in [0, 0.05) is 37.8 Å². The zero-order chi connectivity index (χ0) is 22.7. The number of nitrogens with zero attached hydrogens (tertiary/aromatic N) is 3. The largest absolute Gasteiger partial charge is 0.382 e. The van der Waals surface area contributed by atoms with E-state index in [9.17, 15) is 13.6 Å². The summed E-state index contributed by atoms with van der Waals surface area (Å²) >= 11 is 6.37. The SMILES string of the molecule is C[C@H](c1c(F)cccc1F)N1CCC(n2ncc(NC[C@H]3CCCOC3)c(Cl)c2=O)CC1. The second-order valence-corrected chi connectivity index (χ2v) is 9.04. The number of aromatic nitrogens is 2. The van der Waals surface area contributed by atoms with Crippen LogP contribution < -0.4 is 10.9 Å². The molecule has 2 atom stereocenters. The summed E-state index contributed by atoms with van der Waals surface area (Å²) in [5.74, 6) is -0.674. The molecule has 0 radical (unpaired) electrons. The molecule has 1 aromatic heterocycles. The summed E-state index contributed by atoms with van der Waals surface area (Å²) in [4.78, 5) is 14.9. The monoisotopic (exact) mass is 466 g/mol. The number of likely N-dealkylation sites (tertiary alicyclic amines) is 1. The third kappa shape index (κ3) is 4.97. The highest BCUT2D eigenvalue weighted by Gasteiger charge is 2.29. The summed E-state index contributed by atoms with van der Waals surface area (Å²) in [6.07, 6.45) is 5.03. The predicted octanol–water partition coefficient (Wildman–Crippen LogP) is 4.41. The normalized spacial score (nSPS) is 21.4. The minimum absolute atomic E-state index is 0.0862. The van der Waals surface area contributed by atoms with Crippen LogP contribution in [-0.4, -0.2) is 47.5 Å². The van der Waals surface area contributed by atoms with E-state index in [4.69, 9.17) is 16.3 Å². The number of rotatable bonds is 6. The predicted molar refractivity (Wildman–Crippen MR) is 120 cm³/mol. The Kier molecular flexibility index (Phi) is 7.43. The van der Waals surface area contributed by atoms with Crippen LogP contribution >= 0.6 is 11.6 Å². The molecule has 2 fully saturated rings. The summed E-state index contributed by atoms with van der Waals surface area (Å²) in [6.45, 7) is 5.22. The fourth-order valence-corrected chi connectivity index (χ4v) is 4.86. The molecule has 0 saturated carbocycles. The first kappa shape index (κ1) is 23.1. The van der Waals surface area contributed by atoms with Gasteiger partial charge in [-0.25, -0.2) is 13.5 Å². The van der Waals surface area contributed by atoms with Gasteiger partial charge >= 0.3 is 0 Å². The third-order valence-corrected chi connectivity index (χ3v) is 6.95. The van der Waals surface area contributed by atoms with Gasteiger partial charge in [0.15, 0.2) is 0 Å². The van der Waals surface area contributed by atoms with Crippen LogP contribution in [0.1, 0.15) is 50.3 Å². The first-order valence-corrected chi connectivity index (χ1v) is 11.6. The van der Waals surface area contributed by atoms with Crippen LogP contribution in [0, 0.1) is 17.6 Å². The second-order valence-electron chi connectivity index (χ2n) is 8.66. The topological polar surface area (TPSA) is 59.4 Å². The van der Waals surface area contributed by atoms with Crippen molar-refractivity contribution in [3.63, 3.8) is 0 Å². The van der Waals surface area contributed by atoms with E-state index in [1.807, 2.05) is 4.90 Å². The molecule has 6 nitrogen and oxygen atoms in total. The Morgan fingerprint density at radius 3 is 2.62 bits per heavy atom. The van der Waals surface area contributed by atoms with Crippen LogP contribution in [0.4, 0.5) is 14.5 Å². The van der Waals surface area contributed by atoms with E-state index in [2.05, 4.69) is 10.4 Å². The van der Waals surface area contributed by atoms with Gasteiger partial charge in [0.05, 0.1) is 24.5 Å². The third-order valence-electron chi connectivity index (χ3n) is 6.59. The zero-order valence-electron chi connectivity index (χ0n) is 18.2. The Morgan fingerprint density at radius 2 is 1.97 bits per heavy atom. The summed E-state index contributed by atoms with van der Waals surface area (Å²) in [6, 6.07) is 3.44. The smallest absolute Gasteiger partial charge is 0.287 e. The van der Waals surface area contributed by atoms with Crippen molar-refractivity contribution in [1.29, 1.82) is 0 Å². The van der Waals surface area contributed by atoms with Crippen LogP contribution in [0.3, 0.4) is 0 Å². The number of anilines is 1. The highest BCUT2D eigenvalue weighted by molar-refractivity contribution is 6.32. The Hall–Kier alpha value is -2.03. The molecule has 174 valence electrons. The molecular weight excluding hydrogens is 438 g/mol. The van der Waals surface area contributed by atoms with Crippen LogP contribution in [-0.2, 0) is 4.74 Å². The Morgan fingerprint density at radius 1 is 1.25 bits per heavy atom. The average molecular weight is 467 g/mol. The van der Waals surface area contributed by atoms with Crippen LogP contribution in [0.2, 0.25) is 5.02 Å². The number of halogens is 3. The molecule has 1 N–H and O–H groups in total. The van der Waals surface area contributed by atoms with E-state index in [0.29, 0.717) is 50.7 Å². The molecule has 0 spiro atoms. The molecule has 2 saturated heterocycles. The van der Waals surface area contributed by atoms with E-state index in [1.165, 1.54) is 22.9 Å². The maximum atomic E-state index is 14.2. The van der Waals surface area contributed by atoms with Crippen LogP contribution in [0.15, 0.2) is 29.2 Å². The number of piperidine rings is 1. The van der Waals surface area contributed by atoms with Crippen LogP contribution in [0.5, 0.6) is 0 Å². The van der Waals surface area contributed by atoms with Gasteiger partial charge in [-0.2, -0.15) is 5.10 Å². The first-order valence-electron chi connectivity index (χ1n) is 11.2. The van der Waals surface area contributed by atoms with Crippen LogP contribution in [0.25, 0.3) is 0 Å². The number of benzene rings is 1. The van der Waals surface area contributed by atoms with Crippen molar-refractivity contribution in [1.82, 2.24) is 14.7 Å². The summed E-state index contributed by atoms with van der Waals surface area (Å²) in [5.41, 5.74) is 0.311. The zero-order valence-corrected chi connectivity index (χ0v) is 19.0. The molecule has 0 bridgehead atoms. The minimum atomic E-state index is -0.535. The maximum Gasteiger partial charge on any atom is 0.287 e. The average Bonchev–Trinajstić information content (AvgIpc) is 2.81. The maximum absolute atomic E-state index is 14.2. The molecule has 2 aliphatic rings. The van der Waals surface area contributed by atoms with E-state index >= 15 is 0 Å². The lowest BCUT2D eigenvalue weighted by molar-refractivity contribution is 0.0595. The van der Waals surface area contributed by atoms with Crippen molar-refractivity contribution in [2.45, 2.75) is 44.7 Å². The Balaban J connectivity index is 1.39. The molecule has 2 aliphatic heterocycles. The quantitative estimate of drug-likeness (QED) is 0.683. The standard InChI is InChI=1S/C23H29ClF2N4O2/c1-15(21-18(25)5-2-6-19(21)26)29-9-7-17(8-10-29)30-23(31)22(24)20(13-28-30)27-12-16-4-3-11-32-14-16/h2,5-6,13,15-17,27H,3-4,7-12,14H2,1H3/t15-,16-/m1/s1. The fourth-order valence-electron chi connectivity index (χ4n) is 4.66.